The molecule has 0 aromatic carbocycles. The second-order valence-electron chi connectivity index (χ2n) is 5.09. The highest BCUT2D eigenvalue weighted by atomic mass is 32.2. The Morgan fingerprint density at radius 2 is 2.33 bits per heavy atom. The lowest BCUT2D eigenvalue weighted by Crippen LogP contribution is -2.68. The predicted molar refractivity (Wildman–Crippen MR) is 85.9 cm³/mol. The van der Waals surface area contributed by atoms with Crippen molar-refractivity contribution in [3.63, 3.8) is 0 Å². The molecule has 2 atom stereocenters. The molecule has 0 saturated carbocycles. The Balaban J connectivity index is 2.07. The quantitative estimate of drug-likeness (QED) is 0.538. The number of nitrogens with zero attached hydrogens (tertiary/aromatic N) is 2. The normalized spacial score (nSPS) is 25.5. The zero-order chi connectivity index (χ0) is 15.6. The Morgan fingerprint density at radius 3 is 2.95 bits per heavy atom. The molecule has 0 radical (unpaired) electrons. The minimum atomic E-state index is -1.07. The van der Waals surface area contributed by atoms with Crippen LogP contribution in [0.4, 0.5) is 0 Å². The lowest BCUT2D eigenvalue weighted by molar-refractivity contribution is -0.147. The van der Waals surface area contributed by atoms with E-state index in [1.54, 1.807) is 17.8 Å². The Morgan fingerprint density at radius 1 is 1.62 bits per heavy atom. The van der Waals surface area contributed by atoms with Crippen molar-refractivity contribution in [1.29, 1.82) is 0 Å². The van der Waals surface area contributed by atoms with E-state index in [-0.39, 0.29) is 17.0 Å². The van der Waals surface area contributed by atoms with Gasteiger partial charge in [0.25, 0.3) is 0 Å². The van der Waals surface area contributed by atoms with Gasteiger partial charge in [0.15, 0.2) is 0 Å². The van der Waals surface area contributed by atoms with E-state index in [4.69, 9.17) is 5.73 Å². The van der Waals surface area contributed by atoms with Crippen molar-refractivity contribution in [2.24, 2.45) is 5.73 Å². The molecule has 8 heteroatoms. The number of nitrogens with two attached hydrogens (primary N) is 1. The summed E-state index contributed by atoms with van der Waals surface area (Å²) in [6.45, 7) is 0.954. The number of β-lactam (4-membered cyclic amide) rings is 1. The van der Waals surface area contributed by atoms with Gasteiger partial charge in [-0.15, -0.1) is 23.5 Å². The number of carboxylic acid groups (broad SMARTS) is 1. The molecule has 6 nitrogen and oxygen atoms in total. The number of thioether (sulfide) groups is 2. The highest BCUT2D eigenvalue weighted by Crippen LogP contribution is 2.39. The van der Waals surface area contributed by atoms with Gasteiger partial charge in [-0.2, -0.15) is 0 Å². The Bertz CT molecular complexity index is 505. The summed E-state index contributed by atoms with van der Waals surface area (Å²) in [4.78, 5) is 26.6. The molecular weight excluding hydrogens is 310 g/mol. The molecule has 2 rings (SSSR count). The number of amides is 1. The van der Waals surface area contributed by atoms with Crippen molar-refractivity contribution < 1.29 is 14.7 Å². The minimum absolute atomic E-state index is 0.0786. The first-order valence-corrected chi connectivity index (χ1v) is 8.63. The van der Waals surface area contributed by atoms with Crippen LogP contribution in [0.3, 0.4) is 0 Å². The highest BCUT2D eigenvalue weighted by Gasteiger charge is 2.51. The first kappa shape index (κ1) is 16.4. The summed E-state index contributed by atoms with van der Waals surface area (Å²) in [6.07, 6.45) is 1.80. The van der Waals surface area contributed by atoms with Gasteiger partial charge in [0.2, 0.25) is 5.91 Å². The third-order valence-electron chi connectivity index (χ3n) is 3.26. The van der Waals surface area contributed by atoms with Crippen molar-refractivity contribution >= 4 is 35.4 Å². The second kappa shape index (κ2) is 6.87. The van der Waals surface area contributed by atoms with Crippen LogP contribution < -0.4 is 5.73 Å². The molecule has 2 heterocycles. The topological polar surface area (TPSA) is 86.9 Å². The summed E-state index contributed by atoms with van der Waals surface area (Å²) in [5.41, 5.74) is 6.44. The van der Waals surface area contributed by atoms with Crippen molar-refractivity contribution in [3.05, 3.63) is 22.8 Å². The zero-order valence-electron chi connectivity index (χ0n) is 12.0. The Kier molecular flexibility index (Phi) is 5.37. The molecule has 0 unspecified atom stereocenters. The van der Waals surface area contributed by atoms with Gasteiger partial charge in [-0.25, -0.2) is 4.79 Å². The zero-order valence-corrected chi connectivity index (χ0v) is 13.6. The molecule has 116 valence electrons. The summed E-state index contributed by atoms with van der Waals surface area (Å²) >= 11 is 3.14. The maximum Gasteiger partial charge on any atom is 0.352 e. The van der Waals surface area contributed by atoms with Crippen LogP contribution in [-0.2, 0) is 9.59 Å². The van der Waals surface area contributed by atoms with Gasteiger partial charge in [0.1, 0.15) is 17.1 Å². The lowest BCUT2D eigenvalue weighted by Gasteiger charge is -2.47. The Hall–Kier alpha value is -0.960. The minimum Gasteiger partial charge on any atom is -0.477 e. The first-order valence-electron chi connectivity index (χ1n) is 6.53. The van der Waals surface area contributed by atoms with Crippen LogP contribution in [0, 0.1) is 0 Å². The van der Waals surface area contributed by atoms with E-state index >= 15 is 0 Å². The van der Waals surface area contributed by atoms with E-state index in [0.29, 0.717) is 11.3 Å². The number of carbonyl (C=O) groups excluding carboxylic acids is 1. The third kappa shape index (κ3) is 3.45. The maximum atomic E-state index is 11.8. The average molecular weight is 329 g/mol. The van der Waals surface area contributed by atoms with Crippen LogP contribution in [0.2, 0.25) is 0 Å². The predicted octanol–water partition coefficient (Wildman–Crippen LogP) is 0.376. The molecule has 1 fully saturated rings. The van der Waals surface area contributed by atoms with Crippen LogP contribution in [0.5, 0.6) is 0 Å². The molecule has 0 aromatic heterocycles. The monoisotopic (exact) mass is 329 g/mol. The van der Waals surface area contributed by atoms with Gasteiger partial charge in [0, 0.05) is 18.1 Å². The lowest BCUT2D eigenvalue weighted by atomic mass is 10.0. The highest BCUT2D eigenvalue weighted by molar-refractivity contribution is 8.02. The smallest absolute Gasteiger partial charge is 0.352 e. The summed E-state index contributed by atoms with van der Waals surface area (Å²) in [5.74, 6) is 0.117. The molecule has 2 aliphatic rings. The van der Waals surface area contributed by atoms with Gasteiger partial charge >= 0.3 is 5.97 Å². The molecule has 2 aliphatic heterocycles. The average Bonchev–Trinajstić information content (AvgIpc) is 2.44. The van der Waals surface area contributed by atoms with Crippen LogP contribution in [0.1, 0.15) is 0 Å². The first-order chi connectivity index (χ1) is 9.93. The van der Waals surface area contributed by atoms with E-state index in [2.05, 4.69) is 4.90 Å². The Labute approximate surface area is 132 Å². The standard InChI is InChI=1S/C13H19N3O3S2/c1-15(2)4-6-20-5-3-8-7-21-12-9(14)11(17)16(12)10(8)13(18)19/h3,5,9,12H,4,6-7,14H2,1-2H3,(H,18,19)/b5-3+/t9-,12-/m1/s1. The molecule has 1 amide bonds. The summed E-state index contributed by atoms with van der Waals surface area (Å²) < 4.78 is 0. The van der Waals surface area contributed by atoms with Crippen molar-refractivity contribution in [2.75, 3.05) is 32.1 Å². The maximum absolute atomic E-state index is 11.8. The number of hydrogen-bond acceptors (Lipinski definition) is 6. The molecule has 0 spiro atoms. The van der Waals surface area contributed by atoms with E-state index in [9.17, 15) is 14.7 Å². The summed E-state index contributed by atoms with van der Waals surface area (Å²) in [7, 11) is 4.01. The van der Waals surface area contributed by atoms with E-state index in [0.717, 1.165) is 12.3 Å². The van der Waals surface area contributed by atoms with Crippen molar-refractivity contribution in [2.45, 2.75) is 11.4 Å². The SMILES string of the molecule is CN(C)CCS/C=C/C1=C(C(=O)O)N2C(=O)[C@@H](N)[C@H]2SC1. The number of allylic oxidation sites excluding steroid dienone is 1. The van der Waals surface area contributed by atoms with Gasteiger partial charge in [-0.1, -0.05) is 0 Å². The van der Waals surface area contributed by atoms with E-state index < -0.39 is 12.0 Å². The molecule has 0 aromatic rings. The van der Waals surface area contributed by atoms with Gasteiger partial charge < -0.3 is 15.7 Å². The number of rotatable bonds is 6. The van der Waals surface area contributed by atoms with Crippen molar-refractivity contribution in [1.82, 2.24) is 9.80 Å². The number of carbonyl (C=O) groups is 2. The molecule has 3 N–H and O–H groups in total. The molecule has 0 aliphatic carbocycles. The number of aliphatic carboxylic acids is 1. The molecule has 1 saturated heterocycles. The second-order valence-corrected chi connectivity index (χ2v) is 7.21. The number of fused-ring (bicyclic) bond motifs is 1. The van der Waals surface area contributed by atoms with Crippen LogP contribution in [-0.4, -0.2) is 70.3 Å². The summed E-state index contributed by atoms with van der Waals surface area (Å²) in [6, 6.07) is -0.579. The largest absolute Gasteiger partial charge is 0.477 e. The number of carboxylic acids is 1. The molecule has 0 bridgehead atoms. The van der Waals surface area contributed by atoms with E-state index in [1.807, 2.05) is 19.5 Å². The van der Waals surface area contributed by atoms with Gasteiger partial charge in [-0.05, 0) is 31.2 Å². The van der Waals surface area contributed by atoms with Crippen LogP contribution in [0.25, 0.3) is 0 Å². The van der Waals surface area contributed by atoms with Gasteiger partial charge in [-0.3, -0.25) is 9.69 Å². The fraction of sp³-hybridized carbons (Fsp3) is 0.538. The fourth-order valence-electron chi connectivity index (χ4n) is 2.10. The van der Waals surface area contributed by atoms with Crippen molar-refractivity contribution in [3.8, 4) is 0 Å². The van der Waals surface area contributed by atoms with Gasteiger partial charge in [0.05, 0.1) is 0 Å². The number of hydrogen-bond donors (Lipinski definition) is 2. The third-order valence-corrected chi connectivity index (χ3v) is 5.33. The fourth-order valence-corrected chi connectivity index (χ4v) is 4.23. The van der Waals surface area contributed by atoms with Crippen LogP contribution in [0.15, 0.2) is 22.8 Å². The van der Waals surface area contributed by atoms with Crippen LogP contribution >= 0.6 is 23.5 Å². The molecule has 21 heavy (non-hydrogen) atoms. The molecular formula is C13H19N3O3S2. The summed E-state index contributed by atoms with van der Waals surface area (Å²) in [5, 5.41) is 11.0. The van der Waals surface area contributed by atoms with E-state index in [1.165, 1.54) is 16.7 Å².